The van der Waals surface area contributed by atoms with Crippen LogP contribution in [0.3, 0.4) is 0 Å². The Morgan fingerprint density at radius 1 is 0.909 bits per heavy atom. The molecule has 2 rings (SSSR count). The third kappa shape index (κ3) is 3.62. The maximum absolute atomic E-state index is 13.1. The van der Waals surface area contributed by atoms with E-state index in [2.05, 4.69) is 9.72 Å². The molecule has 0 aliphatic heterocycles. The molecule has 0 bridgehead atoms. The molecule has 0 aliphatic rings. The number of nitrogens with zero attached hydrogens (tertiary/aromatic N) is 1. The number of aromatic nitrogens is 1. The first-order chi connectivity index (χ1) is 10.1. The van der Waals surface area contributed by atoms with E-state index >= 15 is 0 Å². The van der Waals surface area contributed by atoms with E-state index < -0.39 is 40.1 Å². The van der Waals surface area contributed by atoms with Crippen molar-refractivity contribution >= 4 is 11.6 Å². The number of hydrogen-bond donors (Lipinski definition) is 0. The Labute approximate surface area is 125 Å². The molecule has 0 spiro atoms. The number of halogens is 7. The third-order valence-electron chi connectivity index (χ3n) is 2.59. The smallest absolute Gasteiger partial charge is 0.405 e. The Kier molecular flexibility index (Phi) is 4.23. The molecule has 0 N–H and O–H groups in total. The van der Waals surface area contributed by atoms with Gasteiger partial charge in [0, 0.05) is 17.3 Å². The van der Waals surface area contributed by atoms with Gasteiger partial charge in [0.25, 0.3) is 0 Å². The Balaban J connectivity index is 2.66. The fraction of sp³-hybridized carbons (Fsp3) is 0.154. The van der Waals surface area contributed by atoms with Gasteiger partial charge in [-0.15, -0.1) is 13.2 Å². The molecule has 9 heteroatoms. The van der Waals surface area contributed by atoms with Crippen LogP contribution in [0.2, 0.25) is 5.15 Å². The van der Waals surface area contributed by atoms with Gasteiger partial charge in [-0.1, -0.05) is 29.8 Å². The number of rotatable bonds is 2. The van der Waals surface area contributed by atoms with E-state index in [1.165, 1.54) is 12.1 Å². The van der Waals surface area contributed by atoms with E-state index in [1.807, 2.05) is 0 Å². The van der Waals surface area contributed by atoms with Crippen LogP contribution in [-0.4, -0.2) is 11.3 Å². The molecular weight excluding hydrogens is 336 g/mol. The van der Waals surface area contributed by atoms with Crippen molar-refractivity contribution in [1.29, 1.82) is 0 Å². The quantitative estimate of drug-likeness (QED) is 0.545. The first kappa shape index (κ1) is 16.4. The molecule has 0 radical (unpaired) electrons. The molecule has 22 heavy (non-hydrogen) atoms. The van der Waals surface area contributed by atoms with Crippen LogP contribution in [0.25, 0.3) is 11.1 Å². The first-order valence-corrected chi connectivity index (χ1v) is 6.04. The predicted octanol–water partition coefficient (Wildman–Crippen LogP) is 5.32. The molecule has 2 nitrogen and oxygen atoms in total. The van der Waals surface area contributed by atoms with Crippen LogP contribution in [0.15, 0.2) is 36.5 Å². The van der Waals surface area contributed by atoms with Crippen LogP contribution in [0.5, 0.6) is 5.75 Å². The van der Waals surface area contributed by atoms with Gasteiger partial charge in [0.2, 0.25) is 0 Å². The normalized spacial score (nSPS) is 12.3. The Morgan fingerprint density at radius 2 is 1.55 bits per heavy atom. The van der Waals surface area contributed by atoms with Crippen LogP contribution in [0.1, 0.15) is 5.56 Å². The molecule has 1 aromatic carbocycles. The summed E-state index contributed by atoms with van der Waals surface area (Å²) in [5.74, 6) is -0.761. The minimum atomic E-state index is -5.04. The summed E-state index contributed by atoms with van der Waals surface area (Å²) in [6, 6.07) is 5.40. The van der Waals surface area contributed by atoms with Crippen molar-refractivity contribution in [2.45, 2.75) is 12.5 Å². The number of ether oxygens (including phenoxy) is 1. The summed E-state index contributed by atoms with van der Waals surface area (Å²) in [4.78, 5) is 3.32. The summed E-state index contributed by atoms with van der Waals surface area (Å²) in [5, 5.41) is -0.855. The van der Waals surface area contributed by atoms with Crippen LogP contribution in [0, 0.1) is 0 Å². The zero-order valence-electron chi connectivity index (χ0n) is 10.5. The van der Waals surface area contributed by atoms with E-state index in [9.17, 15) is 26.3 Å². The molecule has 0 saturated carbocycles. The monoisotopic (exact) mass is 341 g/mol. The van der Waals surface area contributed by atoms with Gasteiger partial charge in [-0.3, -0.25) is 0 Å². The Bertz CT molecular complexity index is 683. The van der Waals surface area contributed by atoms with Crippen molar-refractivity contribution in [1.82, 2.24) is 4.98 Å². The first-order valence-electron chi connectivity index (χ1n) is 5.66. The zero-order valence-corrected chi connectivity index (χ0v) is 11.2. The molecule has 2 aromatic rings. The molecule has 0 fully saturated rings. The van der Waals surface area contributed by atoms with Gasteiger partial charge in [-0.05, 0) is 12.1 Å². The summed E-state index contributed by atoms with van der Waals surface area (Å²) >= 11 is 5.46. The van der Waals surface area contributed by atoms with Crippen molar-refractivity contribution in [3.63, 3.8) is 0 Å². The second-order valence-electron chi connectivity index (χ2n) is 4.07. The lowest BCUT2D eigenvalue weighted by Gasteiger charge is -2.17. The molecular formula is C13H6ClF6NO. The zero-order chi connectivity index (χ0) is 16.5. The summed E-state index contributed by atoms with van der Waals surface area (Å²) < 4.78 is 80.1. The summed E-state index contributed by atoms with van der Waals surface area (Å²) in [6.45, 7) is 0. The highest BCUT2D eigenvalue weighted by atomic mass is 35.5. The van der Waals surface area contributed by atoms with Crippen molar-refractivity contribution < 1.29 is 31.1 Å². The number of para-hydroxylation sites is 1. The van der Waals surface area contributed by atoms with Crippen molar-refractivity contribution in [3.8, 4) is 16.9 Å². The van der Waals surface area contributed by atoms with Crippen molar-refractivity contribution in [2.75, 3.05) is 0 Å². The largest absolute Gasteiger partial charge is 0.573 e. The average molecular weight is 342 g/mol. The second kappa shape index (κ2) is 5.68. The summed E-state index contributed by atoms with van der Waals surface area (Å²) in [5.41, 5.74) is -2.27. The molecule has 118 valence electrons. The van der Waals surface area contributed by atoms with Gasteiger partial charge in [0.1, 0.15) is 16.5 Å². The second-order valence-corrected chi connectivity index (χ2v) is 4.42. The van der Waals surface area contributed by atoms with Gasteiger partial charge in [-0.25, -0.2) is 4.98 Å². The maximum Gasteiger partial charge on any atom is 0.573 e. The average Bonchev–Trinajstić information content (AvgIpc) is 2.35. The lowest BCUT2D eigenvalue weighted by Crippen LogP contribution is -2.18. The lowest BCUT2D eigenvalue weighted by molar-refractivity contribution is -0.274. The molecule has 1 aromatic heterocycles. The van der Waals surface area contributed by atoms with E-state index in [0.29, 0.717) is 0 Å². The van der Waals surface area contributed by atoms with Crippen LogP contribution in [0.4, 0.5) is 26.3 Å². The van der Waals surface area contributed by atoms with Gasteiger partial charge in [0.05, 0.1) is 0 Å². The van der Waals surface area contributed by atoms with E-state index in [-0.39, 0.29) is 0 Å². The number of hydrogen-bond acceptors (Lipinski definition) is 2. The maximum atomic E-state index is 13.1. The Morgan fingerprint density at radius 3 is 2.14 bits per heavy atom. The fourth-order valence-electron chi connectivity index (χ4n) is 1.83. The highest BCUT2D eigenvalue weighted by Crippen LogP contribution is 2.43. The minimum Gasteiger partial charge on any atom is -0.405 e. The molecule has 1 heterocycles. The van der Waals surface area contributed by atoms with Gasteiger partial charge in [0.15, 0.2) is 0 Å². The molecule has 0 amide bonds. The van der Waals surface area contributed by atoms with Crippen LogP contribution < -0.4 is 4.74 Å². The number of alkyl halides is 6. The molecule has 0 saturated heterocycles. The number of benzene rings is 1. The highest BCUT2D eigenvalue weighted by Gasteiger charge is 2.38. The van der Waals surface area contributed by atoms with E-state index in [4.69, 9.17) is 11.6 Å². The van der Waals surface area contributed by atoms with Gasteiger partial charge < -0.3 is 4.74 Å². The summed E-state index contributed by atoms with van der Waals surface area (Å²) in [7, 11) is 0. The fourth-order valence-corrected chi connectivity index (χ4v) is 2.10. The number of pyridine rings is 1. The highest BCUT2D eigenvalue weighted by molar-refractivity contribution is 6.30. The topological polar surface area (TPSA) is 22.1 Å². The SMILES string of the molecule is FC(F)(F)Oc1ccccc1-c1ccnc(Cl)c1C(F)(F)F. The molecule has 0 unspecified atom stereocenters. The van der Waals surface area contributed by atoms with Gasteiger partial charge >= 0.3 is 12.5 Å². The van der Waals surface area contributed by atoms with Crippen LogP contribution in [-0.2, 0) is 6.18 Å². The molecule has 0 aliphatic carbocycles. The van der Waals surface area contributed by atoms with Crippen molar-refractivity contribution in [2.24, 2.45) is 0 Å². The summed E-state index contributed by atoms with van der Waals surface area (Å²) in [6.07, 6.45) is -8.95. The third-order valence-corrected chi connectivity index (χ3v) is 2.88. The van der Waals surface area contributed by atoms with Crippen LogP contribution >= 0.6 is 11.6 Å². The Hall–Kier alpha value is -1.96. The lowest BCUT2D eigenvalue weighted by atomic mass is 10.0. The van der Waals surface area contributed by atoms with Gasteiger partial charge in [-0.2, -0.15) is 13.2 Å². The minimum absolute atomic E-state index is 0.392. The van der Waals surface area contributed by atoms with E-state index in [0.717, 1.165) is 24.4 Å². The van der Waals surface area contributed by atoms with E-state index in [1.54, 1.807) is 0 Å². The predicted molar refractivity (Wildman–Crippen MR) is 66.4 cm³/mol. The standard InChI is InChI=1S/C13H6ClF6NO/c14-11-10(12(15,16)17)8(5-6-21-11)7-3-1-2-4-9(7)22-13(18,19)20/h1-6H. The van der Waals surface area contributed by atoms with Crippen molar-refractivity contribution in [3.05, 3.63) is 47.2 Å². The molecule has 0 atom stereocenters.